The van der Waals surface area contributed by atoms with Gasteiger partial charge in [0.25, 0.3) is 11.8 Å². The molecular weight excluding hydrogens is 501 g/mol. The summed E-state index contributed by atoms with van der Waals surface area (Å²) >= 11 is 3.27. The van der Waals surface area contributed by atoms with E-state index in [1.54, 1.807) is 36.4 Å². The summed E-state index contributed by atoms with van der Waals surface area (Å²) in [7, 11) is 0. The maximum atomic E-state index is 13.9. The third kappa shape index (κ3) is 5.66. The summed E-state index contributed by atoms with van der Waals surface area (Å²) in [6.45, 7) is 1.73. The lowest BCUT2D eigenvalue weighted by atomic mass is 10.1. The number of aromatic nitrogens is 1. The summed E-state index contributed by atoms with van der Waals surface area (Å²) < 4.78 is 14.6. The molecule has 0 spiro atoms. The van der Waals surface area contributed by atoms with Crippen LogP contribution in [0.1, 0.15) is 45.5 Å². The molecule has 1 fully saturated rings. The Kier molecular flexibility index (Phi) is 7.32. The van der Waals surface area contributed by atoms with Gasteiger partial charge < -0.3 is 15.5 Å². The van der Waals surface area contributed by atoms with Crippen molar-refractivity contribution in [3.05, 3.63) is 87.8 Å². The van der Waals surface area contributed by atoms with Crippen LogP contribution < -0.4 is 10.6 Å². The van der Waals surface area contributed by atoms with Gasteiger partial charge in [0.2, 0.25) is 0 Å². The number of halogens is 2. The highest BCUT2D eigenvalue weighted by Gasteiger charge is 2.18. The molecule has 1 aliphatic heterocycles. The number of hydrogen-bond acceptors (Lipinski definition) is 4. The maximum absolute atomic E-state index is 13.9. The first kappa shape index (κ1) is 23.6. The molecule has 34 heavy (non-hydrogen) atoms. The highest BCUT2D eigenvalue weighted by Crippen LogP contribution is 2.21. The molecule has 0 unspecified atom stereocenters. The minimum Gasteiger partial charge on any atom is -0.357 e. The Morgan fingerprint density at radius 1 is 0.912 bits per heavy atom. The molecule has 0 atom stereocenters. The fraction of sp³-hybridized carbons (Fsp3) is 0.200. The molecular formula is C25H23BrFN5O2. The molecule has 3 N–H and O–H groups in total. The lowest BCUT2D eigenvalue weighted by Crippen LogP contribution is -2.35. The number of amidine groups is 1. The zero-order valence-corrected chi connectivity index (χ0v) is 19.9. The summed E-state index contributed by atoms with van der Waals surface area (Å²) in [5.41, 5.74) is 1.25. The number of piperidine rings is 1. The molecule has 3 aromatic rings. The van der Waals surface area contributed by atoms with Crippen molar-refractivity contribution in [2.45, 2.75) is 19.3 Å². The minimum atomic E-state index is -0.604. The number of pyridine rings is 1. The number of amides is 2. The van der Waals surface area contributed by atoms with E-state index in [1.807, 2.05) is 4.90 Å². The van der Waals surface area contributed by atoms with E-state index < -0.39 is 17.6 Å². The molecule has 4 rings (SSSR count). The van der Waals surface area contributed by atoms with Gasteiger partial charge in [0.05, 0.1) is 11.3 Å². The van der Waals surface area contributed by atoms with E-state index >= 15 is 0 Å². The quantitative estimate of drug-likeness (QED) is 0.312. The third-order valence-electron chi connectivity index (χ3n) is 5.54. The van der Waals surface area contributed by atoms with E-state index in [9.17, 15) is 14.0 Å². The van der Waals surface area contributed by atoms with Crippen molar-refractivity contribution in [2.75, 3.05) is 23.7 Å². The number of carbonyl (C=O) groups is 2. The number of carbonyl (C=O) groups excluding carboxylic acids is 2. The Hall–Kier alpha value is -3.59. The van der Waals surface area contributed by atoms with E-state index in [2.05, 4.69) is 31.5 Å². The maximum Gasteiger partial charge on any atom is 0.259 e. The van der Waals surface area contributed by atoms with Crippen LogP contribution in [0.5, 0.6) is 0 Å². The minimum absolute atomic E-state index is 0.0263. The molecule has 1 aliphatic rings. The first-order valence-electron chi connectivity index (χ1n) is 10.9. The second kappa shape index (κ2) is 10.6. The molecule has 1 aromatic heterocycles. The molecule has 9 heteroatoms. The Labute approximate surface area is 205 Å². The molecule has 2 heterocycles. The third-order valence-corrected chi connectivity index (χ3v) is 6.01. The van der Waals surface area contributed by atoms with Gasteiger partial charge in [-0.25, -0.2) is 9.37 Å². The Morgan fingerprint density at radius 2 is 1.62 bits per heavy atom. The number of nitrogens with zero attached hydrogens (tertiary/aromatic N) is 2. The Bertz CT molecular complexity index is 1210. The van der Waals surface area contributed by atoms with Crippen LogP contribution >= 0.6 is 15.9 Å². The molecule has 7 nitrogen and oxygen atoms in total. The molecule has 0 bridgehead atoms. The van der Waals surface area contributed by atoms with E-state index in [-0.39, 0.29) is 11.3 Å². The first-order valence-corrected chi connectivity index (χ1v) is 11.7. The molecule has 1 saturated heterocycles. The molecule has 2 aromatic carbocycles. The van der Waals surface area contributed by atoms with Gasteiger partial charge in [-0.2, -0.15) is 0 Å². The lowest BCUT2D eigenvalue weighted by Gasteiger charge is -2.29. The monoisotopic (exact) mass is 523 g/mol. The Morgan fingerprint density at radius 3 is 2.29 bits per heavy atom. The highest BCUT2D eigenvalue weighted by molar-refractivity contribution is 9.10. The van der Waals surface area contributed by atoms with E-state index in [4.69, 9.17) is 5.41 Å². The van der Waals surface area contributed by atoms with Gasteiger partial charge in [-0.05, 0) is 77.7 Å². The van der Waals surface area contributed by atoms with Gasteiger partial charge in [0, 0.05) is 34.9 Å². The molecule has 0 aliphatic carbocycles. The normalized spacial score (nSPS) is 13.3. The fourth-order valence-corrected chi connectivity index (χ4v) is 3.96. The standard InChI is InChI=1S/C25H23BrFN5O2/c26-18-8-11-22(29-15-18)31-25(34)20-14-19(27)9-10-21(20)30-24(33)17-6-4-16(5-7-17)23(28)32-12-2-1-3-13-32/h4-11,14-15,28H,1-3,12-13H2,(H,30,33)(H,29,31,34). The summed E-state index contributed by atoms with van der Waals surface area (Å²) in [6.07, 6.45) is 4.87. The summed E-state index contributed by atoms with van der Waals surface area (Å²) in [5, 5.41) is 13.7. The van der Waals surface area contributed by atoms with Crippen molar-refractivity contribution in [1.29, 1.82) is 5.41 Å². The van der Waals surface area contributed by atoms with Crippen LogP contribution in [0.3, 0.4) is 0 Å². The van der Waals surface area contributed by atoms with Gasteiger partial charge in [-0.1, -0.05) is 12.1 Å². The predicted octanol–water partition coefficient (Wildman–Crippen LogP) is 5.30. The molecule has 2 amide bonds. The van der Waals surface area contributed by atoms with E-state index in [0.717, 1.165) is 42.0 Å². The smallest absolute Gasteiger partial charge is 0.259 e. The molecule has 174 valence electrons. The number of rotatable bonds is 5. The van der Waals surface area contributed by atoms with Gasteiger partial charge in [0.1, 0.15) is 17.5 Å². The largest absolute Gasteiger partial charge is 0.357 e. The number of anilines is 2. The topological polar surface area (TPSA) is 98.2 Å². The van der Waals surface area contributed by atoms with Gasteiger partial charge in [-0.3, -0.25) is 15.0 Å². The van der Waals surface area contributed by atoms with Crippen LogP contribution in [0.2, 0.25) is 0 Å². The second-order valence-corrected chi connectivity index (χ2v) is 8.85. The van der Waals surface area contributed by atoms with Crippen molar-refractivity contribution >= 4 is 45.1 Å². The van der Waals surface area contributed by atoms with Gasteiger partial charge in [-0.15, -0.1) is 0 Å². The summed E-state index contributed by atoms with van der Waals surface area (Å²) in [4.78, 5) is 31.7. The van der Waals surface area contributed by atoms with E-state index in [0.29, 0.717) is 17.2 Å². The van der Waals surface area contributed by atoms with Crippen LogP contribution in [0.25, 0.3) is 0 Å². The first-order chi connectivity index (χ1) is 16.4. The zero-order valence-electron chi connectivity index (χ0n) is 18.3. The SMILES string of the molecule is N=C(c1ccc(C(=O)Nc2ccc(F)cc2C(=O)Nc2ccc(Br)cn2)cc1)N1CCCCC1. The van der Waals surface area contributed by atoms with Crippen LogP contribution in [0.4, 0.5) is 15.9 Å². The molecule has 0 saturated carbocycles. The fourth-order valence-electron chi connectivity index (χ4n) is 3.72. The number of hydrogen-bond donors (Lipinski definition) is 3. The predicted molar refractivity (Wildman–Crippen MR) is 133 cm³/mol. The lowest BCUT2D eigenvalue weighted by molar-refractivity contribution is 0.102. The second-order valence-electron chi connectivity index (χ2n) is 7.93. The van der Waals surface area contributed by atoms with Gasteiger partial charge >= 0.3 is 0 Å². The zero-order chi connectivity index (χ0) is 24.1. The van der Waals surface area contributed by atoms with Crippen molar-refractivity contribution in [1.82, 2.24) is 9.88 Å². The number of benzene rings is 2. The van der Waals surface area contributed by atoms with Crippen LogP contribution in [0, 0.1) is 11.2 Å². The molecule has 0 radical (unpaired) electrons. The van der Waals surface area contributed by atoms with E-state index in [1.165, 1.54) is 24.8 Å². The summed E-state index contributed by atoms with van der Waals surface area (Å²) in [6, 6.07) is 13.6. The highest BCUT2D eigenvalue weighted by atomic mass is 79.9. The van der Waals surface area contributed by atoms with Crippen LogP contribution in [-0.4, -0.2) is 40.6 Å². The van der Waals surface area contributed by atoms with Crippen LogP contribution in [0.15, 0.2) is 65.3 Å². The average molecular weight is 524 g/mol. The Balaban J connectivity index is 1.47. The number of nitrogens with one attached hydrogen (secondary N) is 3. The van der Waals surface area contributed by atoms with Crippen molar-refractivity contribution in [3.63, 3.8) is 0 Å². The van der Waals surface area contributed by atoms with Gasteiger partial charge in [0.15, 0.2) is 0 Å². The van der Waals surface area contributed by atoms with Crippen molar-refractivity contribution in [3.8, 4) is 0 Å². The van der Waals surface area contributed by atoms with Crippen molar-refractivity contribution < 1.29 is 14.0 Å². The summed E-state index contributed by atoms with van der Waals surface area (Å²) in [5.74, 6) is -0.909. The van der Waals surface area contributed by atoms with Crippen molar-refractivity contribution in [2.24, 2.45) is 0 Å². The average Bonchev–Trinajstić information content (AvgIpc) is 2.86. The van der Waals surface area contributed by atoms with Crippen LogP contribution in [-0.2, 0) is 0 Å². The number of likely N-dealkylation sites (tertiary alicyclic amines) is 1.